The summed E-state index contributed by atoms with van der Waals surface area (Å²) < 4.78 is 4.17. The smallest absolute Gasteiger partial charge is 0.203 e. The summed E-state index contributed by atoms with van der Waals surface area (Å²) in [6, 6.07) is 9.34. The maximum atomic E-state index is 12.3. The minimum Gasteiger partial charge on any atom is -0.288 e. The van der Waals surface area contributed by atoms with E-state index < -0.39 is 0 Å². The fraction of sp³-hybridized carbons (Fsp3) is 0.105. The van der Waals surface area contributed by atoms with Crippen LogP contribution in [0, 0.1) is 0 Å². The van der Waals surface area contributed by atoms with Gasteiger partial charge in [0.25, 0.3) is 0 Å². The summed E-state index contributed by atoms with van der Waals surface area (Å²) in [6.07, 6.45) is 9.03. The third-order valence-electron chi connectivity index (χ3n) is 4.01. The third-order valence-corrected chi connectivity index (χ3v) is 4.42. The summed E-state index contributed by atoms with van der Waals surface area (Å²) in [4.78, 5) is 20.9. The van der Waals surface area contributed by atoms with Crippen LogP contribution in [-0.2, 0) is 13.5 Å². The molecule has 0 amide bonds. The van der Waals surface area contributed by atoms with Crippen LogP contribution in [-0.4, -0.2) is 29.5 Å². The first-order valence-corrected chi connectivity index (χ1v) is 9.02. The highest BCUT2D eigenvalue weighted by Gasteiger charge is 2.08. The number of aromatic nitrogens is 6. The summed E-state index contributed by atoms with van der Waals surface area (Å²) in [6.45, 7) is 0. The normalized spacial score (nSPS) is 10.9. The molecule has 0 saturated carbocycles. The first-order valence-electron chi connectivity index (χ1n) is 8.23. The monoisotopic (exact) mass is 422 g/mol. The zero-order valence-corrected chi connectivity index (χ0v) is 16.0. The molecule has 0 aliphatic rings. The van der Waals surface area contributed by atoms with E-state index >= 15 is 0 Å². The van der Waals surface area contributed by atoms with Gasteiger partial charge >= 0.3 is 0 Å². The van der Waals surface area contributed by atoms with Gasteiger partial charge in [0.2, 0.25) is 5.43 Å². The highest BCUT2D eigenvalue weighted by Crippen LogP contribution is 2.18. The quantitative estimate of drug-likeness (QED) is 0.505. The van der Waals surface area contributed by atoms with E-state index in [-0.39, 0.29) is 5.43 Å². The van der Waals surface area contributed by atoms with E-state index in [4.69, 9.17) is 0 Å². The number of hydrogen-bond donors (Lipinski definition) is 0. The second-order valence-electron chi connectivity index (χ2n) is 6.05. The second-order valence-corrected chi connectivity index (χ2v) is 6.96. The van der Waals surface area contributed by atoms with Crippen molar-refractivity contribution >= 4 is 15.9 Å². The van der Waals surface area contributed by atoms with Gasteiger partial charge in [-0.05, 0) is 27.6 Å². The van der Waals surface area contributed by atoms with Gasteiger partial charge in [0.15, 0.2) is 5.82 Å². The molecule has 7 nitrogen and oxygen atoms in total. The number of aryl methyl sites for hydroxylation is 1. The lowest BCUT2D eigenvalue weighted by Crippen LogP contribution is -2.16. The Morgan fingerprint density at radius 2 is 1.93 bits per heavy atom. The molecule has 4 rings (SSSR count). The second kappa shape index (κ2) is 7.24. The largest absolute Gasteiger partial charge is 0.288 e. The van der Waals surface area contributed by atoms with Crippen molar-refractivity contribution in [3.8, 4) is 17.1 Å². The molecular formula is C19H15BrN6O. The third kappa shape index (κ3) is 3.85. The first-order chi connectivity index (χ1) is 13.1. The van der Waals surface area contributed by atoms with Crippen LogP contribution in [0.1, 0.15) is 11.3 Å². The Hall–Kier alpha value is -3.13. The molecule has 0 bridgehead atoms. The molecule has 4 aromatic rings. The van der Waals surface area contributed by atoms with Crippen molar-refractivity contribution in [3.63, 3.8) is 0 Å². The van der Waals surface area contributed by atoms with Crippen LogP contribution in [0.5, 0.6) is 0 Å². The van der Waals surface area contributed by atoms with Crippen molar-refractivity contribution in [3.05, 3.63) is 87.3 Å². The van der Waals surface area contributed by atoms with Gasteiger partial charge < -0.3 is 0 Å². The average Bonchev–Trinajstić information content (AvgIpc) is 3.11. The van der Waals surface area contributed by atoms with Crippen LogP contribution < -0.4 is 5.43 Å². The lowest BCUT2D eigenvalue weighted by molar-refractivity contribution is 0.762. The molecule has 0 spiro atoms. The predicted molar refractivity (Wildman–Crippen MR) is 105 cm³/mol. The summed E-state index contributed by atoms with van der Waals surface area (Å²) in [5.41, 5.74) is 3.03. The fourth-order valence-electron chi connectivity index (χ4n) is 2.72. The zero-order chi connectivity index (χ0) is 18.8. The maximum Gasteiger partial charge on any atom is 0.203 e. The molecule has 0 N–H and O–H groups in total. The van der Waals surface area contributed by atoms with Crippen molar-refractivity contribution in [2.45, 2.75) is 6.42 Å². The van der Waals surface area contributed by atoms with Crippen molar-refractivity contribution in [1.29, 1.82) is 0 Å². The van der Waals surface area contributed by atoms with E-state index in [0.29, 0.717) is 17.9 Å². The maximum absolute atomic E-state index is 12.3. The Labute approximate surface area is 163 Å². The molecular weight excluding hydrogens is 408 g/mol. The van der Waals surface area contributed by atoms with Crippen LogP contribution in [0.4, 0.5) is 0 Å². The van der Waals surface area contributed by atoms with Crippen LogP contribution in [0.3, 0.4) is 0 Å². The number of rotatable bonds is 4. The summed E-state index contributed by atoms with van der Waals surface area (Å²) in [5, 5.41) is 8.62. The highest BCUT2D eigenvalue weighted by atomic mass is 79.9. The topological polar surface area (TPSA) is 78.5 Å². The summed E-state index contributed by atoms with van der Waals surface area (Å²) >= 11 is 3.34. The van der Waals surface area contributed by atoms with Gasteiger partial charge in [0.1, 0.15) is 11.4 Å². The average molecular weight is 423 g/mol. The van der Waals surface area contributed by atoms with Gasteiger partial charge in [0.05, 0.1) is 16.9 Å². The van der Waals surface area contributed by atoms with Crippen LogP contribution >= 0.6 is 15.9 Å². The zero-order valence-electron chi connectivity index (χ0n) is 14.5. The molecule has 3 aromatic heterocycles. The van der Waals surface area contributed by atoms with Crippen molar-refractivity contribution in [1.82, 2.24) is 29.5 Å². The van der Waals surface area contributed by atoms with E-state index in [1.54, 1.807) is 34.2 Å². The molecule has 1 aromatic carbocycles. The first kappa shape index (κ1) is 17.3. The Kier molecular flexibility index (Phi) is 4.64. The van der Waals surface area contributed by atoms with Gasteiger partial charge in [-0.1, -0.05) is 18.2 Å². The Balaban J connectivity index is 1.65. The molecule has 8 heteroatoms. The van der Waals surface area contributed by atoms with Crippen molar-refractivity contribution < 1.29 is 0 Å². The minimum absolute atomic E-state index is 0.0968. The van der Waals surface area contributed by atoms with Gasteiger partial charge in [-0.15, -0.1) is 0 Å². The summed E-state index contributed by atoms with van der Waals surface area (Å²) in [5.74, 6) is 0.633. The Bertz CT molecular complexity index is 1150. The highest BCUT2D eigenvalue weighted by molar-refractivity contribution is 9.10. The van der Waals surface area contributed by atoms with Crippen LogP contribution in [0.25, 0.3) is 17.1 Å². The molecule has 0 fully saturated rings. The molecule has 134 valence electrons. The van der Waals surface area contributed by atoms with E-state index in [2.05, 4.69) is 36.1 Å². The van der Waals surface area contributed by atoms with Crippen molar-refractivity contribution in [2.24, 2.45) is 7.05 Å². The fourth-order valence-corrected chi connectivity index (χ4v) is 2.92. The van der Waals surface area contributed by atoms with E-state index in [0.717, 1.165) is 21.3 Å². The molecule has 27 heavy (non-hydrogen) atoms. The molecule has 3 heterocycles. The van der Waals surface area contributed by atoms with E-state index in [1.165, 1.54) is 6.07 Å². The molecule has 0 atom stereocenters. The predicted octanol–water partition coefficient (Wildman–Crippen LogP) is 2.78. The molecule has 0 aliphatic heterocycles. The standard InChI is InChI=1S/C19H15BrN6O/c1-25-12-16(11-23-25)26-6-5-18(27)17(24-26)8-13-3-2-4-14(7-13)19-21-9-15(20)10-22-19/h2-7,9-12H,8H2,1H3. The minimum atomic E-state index is -0.0968. The van der Waals surface area contributed by atoms with Gasteiger partial charge in [-0.2, -0.15) is 10.2 Å². The van der Waals surface area contributed by atoms with Crippen LogP contribution in [0.15, 0.2) is 70.6 Å². The number of nitrogens with zero attached hydrogens (tertiary/aromatic N) is 6. The molecule has 0 unspecified atom stereocenters. The Morgan fingerprint density at radius 1 is 1.11 bits per heavy atom. The molecule has 0 saturated heterocycles. The number of benzene rings is 1. The Morgan fingerprint density at radius 3 is 2.67 bits per heavy atom. The molecule has 0 radical (unpaired) electrons. The van der Waals surface area contributed by atoms with Gasteiger partial charge in [-0.25, -0.2) is 14.6 Å². The lowest BCUT2D eigenvalue weighted by atomic mass is 10.1. The van der Waals surface area contributed by atoms with E-state index in [9.17, 15) is 4.79 Å². The van der Waals surface area contributed by atoms with E-state index in [1.807, 2.05) is 37.5 Å². The van der Waals surface area contributed by atoms with Gasteiger partial charge in [0, 0.05) is 43.7 Å². The van der Waals surface area contributed by atoms with Crippen molar-refractivity contribution in [2.75, 3.05) is 0 Å². The number of halogens is 1. The summed E-state index contributed by atoms with van der Waals surface area (Å²) in [7, 11) is 1.84. The molecule has 0 aliphatic carbocycles. The lowest BCUT2D eigenvalue weighted by Gasteiger charge is -2.07. The van der Waals surface area contributed by atoms with Crippen LogP contribution in [0.2, 0.25) is 0 Å². The SMILES string of the molecule is Cn1cc(-n2ccc(=O)c(Cc3cccc(-c4ncc(Br)cn4)c3)n2)cn1. The number of hydrogen-bond acceptors (Lipinski definition) is 5. The van der Waals surface area contributed by atoms with Gasteiger partial charge in [-0.3, -0.25) is 9.48 Å².